The summed E-state index contributed by atoms with van der Waals surface area (Å²) < 4.78 is 5.43. The van der Waals surface area contributed by atoms with Crippen LogP contribution in [-0.2, 0) is 4.79 Å². The van der Waals surface area contributed by atoms with Crippen LogP contribution < -0.4 is 10.2 Å². The number of carbonyl (C=O) groups is 1. The Bertz CT molecular complexity index is 682. The number of halogens is 1. The number of nitrogens with one attached hydrogen (secondary N) is 1. The minimum Gasteiger partial charge on any atom is -0.483 e. The molecule has 22 heavy (non-hydrogen) atoms. The van der Waals surface area contributed by atoms with Gasteiger partial charge in [0.1, 0.15) is 5.75 Å². The van der Waals surface area contributed by atoms with Crippen LogP contribution in [0.3, 0.4) is 0 Å². The summed E-state index contributed by atoms with van der Waals surface area (Å²) in [5.74, 6) is 0.305. The maximum Gasteiger partial charge on any atom is 0.277 e. The van der Waals surface area contributed by atoms with Crippen LogP contribution in [0.4, 0.5) is 0 Å². The normalized spacial score (nSPS) is 10.7. The Labute approximate surface area is 134 Å². The van der Waals surface area contributed by atoms with Crippen LogP contribution in [0.5, 0.6) is 5.75 Å². The van der Waals surface area contributed by atoms with E-state index >= 15 is 0 Å². The lowest BCUT2D eigenvalue weighted by atomic mass is 10.2. The Morgan fingerprint density at radius 2 is 1.95 bits per heavy atom. The van der Waals surface area contributed by atoms with Crippen LogP contribution in [0.2, 0.25) is 5.02 Å². The molecule has 1 amide bonds. The van der Waals surface area contributed by atoms with E-state index in [4.69, 9.17) is 16.3 Å². The maximum absolute atomic E-state index is 11.7. The quantitative estimate of drug-likeness (QED) is 0.678. The first kappa shape index (κ1) is 16.0. The standard InChI is InChI=1S/C17H17ClN2O2/c1-12-3-5-14(6-4-12)10-19-20-17(21)11-22-16-8-7-15(18)9-13(16)2/h3-10H,11H2,1-2H3,(H,20,21). The van der Waals surface area contributed by atoms with Gasteiger partial charge in [-0.2, -0.15) is 5.10 Å². The van der Waals surface area contributed by atoms with Gasteiger partial charge in [-0.15, -0.1) is 0 Å². The van der Waals surface area contributed by atoms with Crippen LogP contribution >= 0.6 is 11.6 Å². The van der Waals surface area contributed by atoms with Crippen LogP contribution in [-0.4, -0.2) is 18.7 Å². The monoisotopic (exact) mass is 316 g/mol. The third kappa shape index (κ3) is 4.90. The molecular weight excluding hydrogens is 300 g/mol. The second-order valence-electron chi connectivity index (χ2n) is 4.90. The third-order valence-corrected chi connectivity index (χ3v) is 3.21. The van der Waals surface area contributed by atoms with Crippen molar-refractivity contribution in [2.75, 3.05) is 6.61 Å². The van der Waals surface area contributed by atoms with Gasteiger partial charge in [-0.3, -0.25) is 4.79 Å². The molecule has 5 heteroatoms. The highest BCUT2D eigenvalue weighted by Gasteiger charge is 2.04. The van der Waals surface area contributed by atoms with Gasteiger partial charge in [-0.05, 0) is 43.2 Å². The lowest BCUT2D eigenvalue weighted by molar-refractivity contribution is -0.123. The number of benzene rings is 2. The Hall–Kier alpha value is -2.33. The lowest BCUT2D eigenvalue weighted by Crippen LogP contribution is -2.24. The van der Waals surface area contributed by atoms with Gasteiger partial charge in [0.25, 0.3) is 5.91 Å². The molecule has 0 bridgehead atoms. The number of carbonyl (C=O) groups excluding carboxylic acids is 1. The first-order chi connectivity index (χ1) is 10.5. The van der Waals surface area contributed by atoms with Crippen molar-refractivity contribution >= 4 is 23.7 Å². The summed E-state index contributed by atoms with van der Waals surface area (Å²) in [5.41, 5.74) is 5.40. The molecule has 0 aliphatic rings. The summed E-state index contributed by atoms with van der Waals surface area (Å²) in [6.07, 6.45) is 1.59. The molecule has 0 aromatic heterocycles. The van der Waals surface area contributed by atoms with Crippen molar-refractivity contribution in [3.63, 3.8) is 0 Å². The van der Waals surface area contributed by atoms with E-state index in [-0.39, 0.29) is 12.5 Å². The van der Waals surface area contributed by atoms with Crippen molar-refractivity contribution in [3.8, 4) is 5.75 Å². The fourth-order valence-corrected chi connectivity index (χ4v) is 2.01. The second kappa shape index (κ2) is 7.61. The molecule has 2 rings (SSSR count). The van der Waals surface area contributed by atoms with Gasteiger partial charge in [-0.25, -0.2) is 5.43 Å². The zero-order chi connectivity index (χ0) is 15.9. The largest absolute Gasteiger partial charge is 0.483 e. The Morgan fingerprint density at radius 3 is 2.64 bits per heavy atom. The molecule has 0 aliphatic heterocycles. The van der Waals surface area contributed by atoms with Gasteiger partial charge in [0.05, 0.1) is 6.21 Å². The maximum atomic E-state index is 11.7. The smallest absolute Gasteiger partial charge is 0.277 e. The van der Waals surface area contributed by atoms with Crippen molar-refractivity contribution < 1.29 is 9.53 Å². The van der Waals surface area contributed by atoms with E-state index in [2.05, 4.69) is 10.5 Å². The summed E-state index contributed by atoms with van der Waals surface area (Å²) in [7, 11) is 0. The van der Waals surface area contributed by atoms with E-state index in [9.17, 15) is 4.79 Å². The van der Waals surface area contributed by atoms with Gasteiger partial charge < -0.3 is 4.74 Å². The molecule has 2 aromatic rings. The van der Waals surface area contributed by atoms with E-state index in [1.807, 2.05) is 38.1 Å². The molecule has 1 N–H and O–H groups in total. The van der Waals surface area contributed by atoms with E-state index < -0.39 is 0 Å². The number of hydrazone groups is 1. The average molecular weight is 317 g/mol. The molecule has 2 aromatic carbocycles. The van der Waals surface area contributed by atoms with Gasteiger partial charge in [0.15, 0.2) is 6.61 Å². The molecule has 4 nitrogen and oxygen atoms in total. The molecule has 0 atom stereocenters. The predicted octanol–water partition coefficient (Wildman–Crippen LogP) is 3.49. The van der Waals surface area contributed by atoms with Crippen molar-refractivity contribution in [3.05, 3.63) is 64.2 Å². The number of hydrogen-bond acceptors (Lipinski definition) is 3. The van der Waals surface area contributed by atoms with Gasteiger partial charge >= 0.3 is 0 Å². The fourth-order valence-electron chi connectivity index (χ4n) is 1.78. The number of hydrogen-bond donors (Lipinski definition) is 1. The number of rotatable bonds is 5. The molecule has 0 radical (unpaired) electrons. The van der Waals surface area contributed by atoms with Gasteiger partial charge in [-0.1, -0.05) is 41.4 Å². The SMILES string of the molecule is Cc1ccc(C=NNC(=O)COc2ccc(Cl)cc2C)cc1. The summed E-state index contributed by atoms with van der Waals surface area (Å²) >= 11 is 5.86. The summed E-state index contributed by atoms with van der Waals surface area (Å²) in [5, 5.41) is 4.53. The highest BCUT2D eigenvalue weighted by atomic mass is 35.5. The number of nitrogens with zero attached hydrogens (tertiary/aromatic N) is 1. The number of ether oxygens (including phenoxy) is 1. The molecule has 0 saturated carbocycles. The van der Waals surface area contributed by atoms with E-state index in [1.54, 1.807) is 24.4 Å². The Balaban J connectivity index is 1.81. The third-order valence-electron chi connectivity index (χ3n) is 2.98. The summed E-state index contributed by atoms with van der Waals surface area (Å²) in [6.45, 7) is 3.78. The zero-order valence-corrected chi connectivity index (χ0v) is 13.2. The van der Waals surface area contributed by atoms with Crippen LogP contribution in [0.1, 0.15) is 16.7 Å². The summed E-state index contributed by atoms with van der Waals surface area (Å²) in [6, 6.07) is 13.1. The highest BCUT2D eigenvalue weighted by Crippen LogP contribution is 2.21. The first-order valence-corrected chi connectivity index (χ1v) is 7.20. The highest BCUT2D eigenvalue weighted by molar-refractivity contribution is 6.30. The molecular formula is C17H17ClN2O2. The molecule has 0 unspecified atom stereocenters. The Morgan fingerprint density at radius 1 is 1.23 bits per heavy atom. The average Bonchev–Trinajstić information content (AvgIpc) is 2.48. The second-order valence-corrected chi connectivity index (χ2v) is 5.34. The van der Waals surface area contributed by atoms with Crippen LogP contribution in [0, 0.1) is 13.8 Å². The van der Waals surface area contributed by atoms with E-state index in [0.717, 1.165) is 11.1 Å². The minimum absolute atomic E-state index is 0.103. The molecule has 0 saturated heterocycles. The predicted molar refractivity (Wildman–Crippen MR) is 88.6 cm³/mol. The Kier molecular flexibility index (Phi) is 5.55. The zero-order valence-electron chi connectivity index (χ0n) is 12.5. The molecule has 0 spiro atoms. The van der Waals surface area contributed by atoms with Crippen molar-refractivity contribution in [1.29, 1.82) is 0 Å². The van der Waals surface area contributed by atoms with Gasteiger partial charge in [0, 0.05) is 5.02 Å². The lowest BCUT2D eigenvalue weighted by Gasteiger charge is -2.08. The van der Waals surface area contributed by atoms with Crippen molar-refractivity contribution in [1.82, 2.24) is 5.43 Å². The van der Waals surface area contributed by atoms with Crippen LogP contribution in [0.25, 0.3) is 0 Å². The first-order valence-electron chi connectivity index (χ1n) is 6.82. The van der Waals surface area contributed by atoms with Crippen LogP contribution in [0.15, 0.2) is 47.6 Å². The van der Waals surface area contributed by atoms with E-state index in [0.29, 0.717) is 10.8 Å². The molecule has 0 heterocycles. The minimum atomic E-state index is -0.322. The summed E-state index contributed by atoms with van der Waals surface area (Å²) in [4.78, 5) is 11.7. The molecule has 0 aliphatic carbocycles. The van der Waals surface area contributed by atoms with Crippen molar-refractivity contribution in [2.24, 2.45) is 5.10 Å². The van der Waals surface area contributed by atoms with E-state index in [1.165, 1.54) is 5.56 Å². The van der Waals surface area contributed by atoms with Crippen molar-refractivity contribution in [2.45, 2.75) is 13.8 Å². The number of aryl methyl sites for hydroxylation is 2. The molecule has 114 valence electrons. The van der Waals surface area contributed by atoms with Gasteiger partial charge in [0.2, 0.25) is 0 Å². The fraction of sp³-hybridized carbons (Fsp3) is 0.176. The number of amides is 1. The topological polar surface area (TPSA) is 50.7 Å². The molecule has 0 fully saturated rings.